The standard InChI is InChI=1S/C33H37N3O11S/c1-3-43-33(39)35-15-13-34(14-16-35)32(38)24-20-25(31(28(21-24)44-18-17-37)46-27-12-8-7-11-26(27)42-2)36(48(40)41)29-22-45-30(47-29)19-23-9-5-4-6-10-23/h4-12,20-22,30,37H,3,13-19H2,1-2H3,(H,40,41). The van der Waals surface area contributed by atoms with Gasteiger partial charge in [-0.2, -0.15) is 4.31 Å². The molecule has 2 amide bonds. The molecule has 1 fully saturated rings. The van der Waals surface area contributed by atoms with Gasteiger partial charge in [0.1, 0.15) is 18.6 Å². The normalized spacial score (nSPS) is 16.2. The summed E-state index contributed by atoms with van der Waals surface area (Å²) in [5.74, 6) is -0.0160. The van der Waals surface area contributed by atoms with Crippen LogP contribution in [0.25, 0.3) is 0 Å². The van der Waals surface area contributed by atoms with Crippen molar-refractivity contribution >= 4 is 29.0 Å². The molecule has 1 saturated heterocycles. The van der Waals surface area contributed by atoms with Gasteiger partial charge in [-0.15, -0.1) is 0 Å². The van der Waals surface area contributed by atoms with Gasteiger partial charge in [0, 0.05) is 38.2 Å². The molecular formula is C33H37N3O11S. The van der Waals surface area contributed by atoms with E-state index in [4.69, 9.17) is 28.4 Å². The van der Waals surface area contributed by atoms with Crippen LogP contribution < -0.4 is 18.5 Å². The van der Waals surface area contributed by atoms with Crippen LogP contribution in [0.2, 0.25) is 0 Å². The van der Waals surface area contributed by atoms with Crippen molar-refractivity contribution in [3.8, 4) is 23.0 Å². The van der Waals surface area contributed by atoms with E-state index < -0.39 is 29.6 Å². The summed E-state index contributed by atoms with van der Waals surface area (Å²) < 4.78 is 59.1. The number of amides is 2. The van der Waals surface area contributed by atoms with Crippen molar-refractivity contribution in [2.24, 2.45) is 0 Å². The number of methoxy groups -OCH3 is 1. The van der Waals surface area contributed by atoms with Crippen molar-refractivity contribution in [1.29, 1.82) is 0 Å². The minimum absolute atomic E-state index is 0.00299. The van der Waals surface area contributed by atoms with Gasteiger partial charge in [0.05, 0.1) is 20.3 Å². The molecule has 3 aromatic carbocycles. The third-order valence-electron chi connectivity index (χ3n) is 7.40. The Kier molecular flexibility index (Phi) is 11.6. The molecule has 2 heterocycles. The van der Waals surface area contributed by atoms with Crippen LogP contribution in [-0.4, -0.2) is 95.1 Å². The zero-order valence-electron chi connectivity index (χ0n) is 26.5. The van der Waals surface area contributed by atoms with Crippen LogP contribution in [0.4, 0.5) is 10.5 Å². The number of anilines is 1. The summed E-state index contributed by atoms with van der Waals surface area (Å²) >= 11 is -2.77. The van der Waals surface area contributed by atoms with E-state index in [0.717, 1.165) is 9.87 Å². The van der Waals surface area contributed by atoms with Gasteiger partial charge in [0.25, 0.3) is 17.2 Å². The maximum atomic E-state index is 13.9. The molecular weight excluding hydrogens is 646 g/mol. The highest BCUT2D eigenvalue weighted by Crippen LogP contribution is 2.46. The van der Waals surface area contributed by atoms with Crippen LogP contribution in [0.15, 0.2) is 78.9 Å². The molecule has 5 rings (SSSR count). The molecule has 0 aromatic heterocycles. The molecule has 0 aliphatic carbocycles. The molecule has 0 saturated carbocycles. The van der Waals surface area contributed by atoms with E-state index in [1.165, 1.54) is 30.4 Å². The number of hydrogen-bond acceptors (Lipinski definition) is 10. The molecule has 0 bridgehead atoms. The van der Waals surface area contributed by atoms with Gasteiger partial charge in [0.2, 0.25) is 12.2 Å². The van der Waals surface area contributed by atoms with Crippen molar-refractivity contribution < 1.29 is 51.9 Å². The predicted octanol–water partition coefficient (Wildman–Crippen LogP) is 4.13. The van der Waals surface area contributed by atoms with Crippen molar-refractivity contribution in [3.63, 3.8) is 0 Å². The third-order valence-corrected chi connectivity index (χ3v) is 8.09. The van der Waals surface area contributed by atoms with Crippen LogP contribution in [-0.2, 0) is 31.9 Å². The number of carbonyl (C=O) groups is 2. The van der Waals surface area contributed by atoms with E-state index in [9.17, 15) is 23.5 Å². The molecule has 14 nitrogen and oxygen atoms in total. The first-order chi connectivity index (χ1) is 23.3. The number of aliphatic hydroxyl groups excluding tert-OH is 1. The molecule has 2 N–H and O–H groups in total. The zero-order valence-corrected chi connectivity index (χ0v) is 27.3. The number of para-hydroxylation sites is 2. The first kappa shape index (κ1) is 34.3. The SMILES string of the molecule is CCOC(=O)N1CCN(C(=O)c2cc(OCCO)c(Oc3ccccc3OC)c(N(C3=COC(Cc4ccccc4)O3)S(=O)O)c2)CC1. The second-order valence-corrected chi connectivity index (χ2v) is 11.3. The summed E-state index contributed by atoms with van der Waals surface area (Å²) in [6.45, 7) is 2.37. The second-order valence-electron chi connectivity index (χ2n) is 10.5. The molecule has 48 heavy (non-hydrogen) atoms. The van der Waals surface area contributed by atoms with Crippen LogP contribution >= 0.6 is 0 Å². The average molecular weight is 684 g/mol. The summed E-state index contributed by atoms with van der Waals surface area (Å²) in [5, 5.41) is 9.62. The van der Waals surface area contributed by atoms with Crippen LogP contribution in [0.3, 0.4) is 0 Å². The molecule has 3 aromatic rings. The maximum absolute atomic E-state index is 13.9. The number of ether oxygens (including phenoxy) is 6. The fraction of sp³-hybridized carbons (Fsp3) is 0.333. The summed E-state index contributed by atoms with van der Waals surface area (Å²) in [4.78, 5) is 29.2. The number of aliphatic hydroxyl groups is 1. The summed E-state index contributed by atoms with van der Waals surface area (Å²) in [6, 6.07) is 19.0. The highest BCUT2D eigenvalue weighted by molar-refractivity contribution is 7.81. The Morgan fingerprint density at radius 2 is 1.67 bits per heavy atom. The van der Waals surface area contributed by atoms with Gasteiger partial charge in [-0.1, -0.05) is 42.5 Å². The molecule has 0 radical (unpaired) electrons. The van der Waals surface area contributed by atoms with Crippen molar-refractivity contribution in [2.45, 2.75) is 19.6 Å². The maximum Gasteiger partial charge on any atom is 0.409 e. The largest absolute Gasteiger partial charge is 0.493 e. The van der Waals surface area contributed by atoms with Gasteiger partial charge in [0.15, 0.2) is 23.0 Å². The molecule has 0 spiro atoms. The fourth-order valence-corrected chi connectivity index (χ4v) is 5.67. The Morgan fingerprint density at radius 1 is 0.979 bits per heavy atom. The molecule has 2 aliphatic heterocycles. The third kappa shape index (κ3) is 8.10. The van der Waals surface area contributed by atoms with Gasteiger partial charge in [-0.05, 0) is 36.8 Å². The minimum atomic E-state index is -2.77. The highest BCUT2D eigenvalue weighted by atomic mass is 32.2. The quantitative estimate of drug-likeness (QED) is 0.250. The van der Waals surface area contributed by atoms with E-state index in [2.05, 4.69) is 0 Å². The Balaban J connectivity index is 1.54. The highest BCUT2D eigenvalue weighted by Gasteiger charge is 2.34. The van der Waals surface area contributed by atoms with Gasteiger partial charge in [-0.3, -0.25) is 9.35 Å². The first-order valence-corrected chi connectivity index (χ1v) is 16.3. The molecule has 256 valence electrons. The average Bonchev–Trinajstić information content (AvgIpc) is 3.56. The molecule has 2 aliphatic rings. The number of piperazine rings is 1. The van der Waals surface area contributed by atoms with Gasteiger partial charge >= 0.3 is 6.09 Å². The van der Waals surface area contributed by atoms with Crippen molar-refractivity contribution in [2.75, 3.05) is 57.4 Å². The Hall–Kier alpha value is -4.99. The first-order valence-electron chi connectivity index (χ1n) is 15.2. The smallest absolute Gasteiger partial charge is 0.409 e. The van der Waals surface area contributed by atoms with E-state index in [0.29, 0.717) is 12.2 Å². The number of nitrogens with zero attached hydrogens (tertiary/aromatic N) is 3. The number of rotatable bonds is 13. The van der Waals surface area contributed by atoms with Gasteiger partial charge in [-0.25, -0.2) is 9.00 Å². The van der Waals surface area contributed by atoms with E-state index in [-0.39, 0.29) is 80.4 Å². The van der Waals surface area contributed by atoms with Crippen LogP contribution in [0, 0.1) is 0 Å². The molecule has 15 heteroatoms. The number of hydrogen-bond donors (Lipinski definition) is 2. The topological polar surface area (TPSA) is 157 Å². The van der Waals surface area contributed by atoms with E-state index in [1.54, 1.807) is 36.1 Å². The lowest BCUT2D eigenvalue weighted by Crippen LogP contribution is -2.50. The molecule has 2 unspecified atom stereocenters. The van der Waals surface area contributed by atoms with Crippen molar-refractivity contribution in [1.82, 2.24) is 9.80 Å². The fourth-order valence-electron chi connectivity index (χ4n) is 5.13. The lowest BCUT2D eigenvalue weighted by Gasteiger charge is -2.34. The second kappa shape index (κ2) is 16.2. The zero-order chi connectivity index (χ0) is 34.0. The summed E-state index contributed by atoms with van der Waals surface area (Å²) in [6.07, 6.45) is 0.297. The minimum Gasteiger partial charge on any atom is -0.493 e. The van der Waals surface area contributed by atoms with Gasteiger partial charge < -0.3 is 43.3 Å². The van der Waals surface area contributed by atoms with Crippen molar-refractivity contribution in [3.05, 3.63) is 90.0 Å². The lowest BCUT2D eigenvalue weighted by molar-refractivity contribution is -0.0298. The van der Waals surface area contributed by atoms with Crippen LogP contribution in [0.5, 0.6) is 23.0 Å². The summed E-state index contributed by atoms with van der Waals surface area (Å²) in [5.41, 5.74) is 0.941. The number of carbonyl (C=O) groups excluding carboxylic acids is 2. The predicted molar refractivity (Wildman–Crippen MR) is 174 cm³/mol. The lowest BCUT2D eigenvalue weighted by atomic mass is 10.1. The van der Waals surface area contributed by atoms with E-state index >= 15 is 0 Å². The van der Waals surface area contributed by atoms with E-state index in [1.807, 2.05) is 30.3 Å². The summed E-state index contributed by atoms with van der Waals surface area (Å²) in [7, 11) is 1.46. The monoisotopic (exact) mass is 683 g/mol. The number of benzene rings is 3. The Morgan fingerprint density at radius 3 is 2.33 bits per heavy atom. The molecule has 2 atom stereocenters. The Bertz CT molecular complexity index is 1630. The Labute approximate surface area is 280 Å². The van der Waals surface area contributed by atoms with Crippen LogP contribution in [0.1, 0.15) is 22.8 Å².